The summed E-state index contributed by atoms with van der Waals surface area (Å²) in [4.78, 5) is 22.6. The Balaban J connectivity index is 1.61. The van der Waals surface area contributed by atoms with Crippen molar-refractivity contribution in [3.8, 4) is 5.88 Å². The maximum atomic E-state index is 14.2. The summed E-state index contributed by atoms with van der Waals surface area (Å²) < 4.78 is 76.8. The number of anilines is 2. The minimum atomic E-state index is -4.74. The molecular formula is C27H31F3N4O5S. The number of sulfone groups is 1. The number of amides is 1. The first kappa shape index (κ1) is 29.5. The molecule has 1 aromatic carbocycles. The van der Waals surface area contributed by atoms with Crippen molar-refractivity contribution >= 4 is 38.2 Å². The summed E-state index contributed by atoms with van der Waals surface area (Å²) >= 11 is 0. The number of aromatic nitrogens is 2. The van der Waals surface area contributed by atoms with Gasteiger partial charge in [-0.15, -0.1) is 0 Å². The molecule has 1 saturated heterocycles. The van der Waals surface area contributed by atoms with Crippen LogP contribution < -0.4 is 10.1 Å². The quantitative estimate of drug-likeness (QED) is 0.398. The summed E-state index contributed by atoms with van der Waals surface area (Å²) in [6.45, 7) is 1.84. The molecule has 4 rings (SSSR count). The molecule has 1 unspecified atom stereocenters. The molecule has 3 aromatic rings. The smallest absolute Gasteiger partial charge is 0.413 e. The summed E-state index contributed by atoms with van der Waals surface area (Å²) in [6.07, 6.45) is -3.50. The minimum absolute atomic E-state index is 0.0156. The maximum Gasteiger partial charge on any atom is 0.413 e. The van der Waals surface area contributed by atoms with E-state index >= 15 is 0 Å². The molecule has 9 nitrogen and oxygen atoms in total. The molecule has 1 fully saturated rings. The van der Waals surface area contributed by atoms with Crippen LogP contribution in [0.3, 0.4) is 0 Å². The zero-order valence-electron chi connectivity index (χ0n) is 22.5. The summed E-state index contributed by atoms with van der Waals surface area (Å²) in [6, 6.07) is 6.88. The van der Waals surface area contributed by atoms with Gasteiger partial charge in [-0.25, -0.2) is 13.4 Å². The first-order chi connectivity index (χ1) is 18.8. The molecule has 1 aliphatic rings. The highest BCUT2D eigenvalue weighted by atomic mass is 32.2. The van der Waals surface area contributed by atoms with Gasteiger partial charge >= 0.3 is 6.18 Å². The van der Waals surface area contributed by atoms with E-state index < -0.39 is 40.0 Å². The lowest BCUT2D eigenvalue weighted by Crippen LogP contribution is -2.44. The molecular weight excluding hydrogens is 549 g/mol. The number of carbonyl (C=O) groups is 1. The van der Waals surface area contributed by atoms with Crippen molar-refractivity contribution in [2.75, 3.05) is 38.1 Å². The summed E-state index contributed by atoms with van der Waals surface area (Å²) in [5.41, 5.74) is 2.81. The van der Waals surface area contributed by atoms with Crippen LogP contribution in [0, 0.1) is 5.92 Å². The number of alkyl halides is 3. The van der Waals surface area contributed by atoms with E-state index in [1.165, 1.54) is 31.4 Å². The largest absolute Gasteiger partial charge is 0.481 e. The number of nitrogens with zero attached hydrogens (tertiary/aromatic N) is 3. The van der Waals surface area contributed by atoms with E-state index in [0.717, 1.165) is 7.05 Å². The van der Waals surface area contributed by atoms with Gasteiger partial charge in [0.2, 0.25) is 11.8 Å². The van der Waals surface area contributed by atoms with Crippen molar-refractivity contribution in [1.82, 2.24) is 14.9 Å². The standard InChI is InChI=1S/C27H31F3N4O5S/c1-16(38-3)23-21(15-31-20-9-10-22(39-4)33-24(20)23)32-19-7-5-17(6-8-19)25(27(28,29)30)34(2)26(35)18-11-13-40(36,37)14-12-18/h5-10,15-16,18,25,32H,11-14H2,1-4H3/t16?,25-/m0/s1. The van der Waals surface area contributed by atoms with Gasteiger partial charge in [0.1, 0.15) is 15.4 Å². The average molecular weight is 581 g/mol. The highest BCUT2D eigenvalue weighted by Gasteiger charge is 2.46. The fraction of sp³-hybridized carbons (Fsp3) is 0.444. The second-order valence-electron chi connectivity index (χ2n) is 9.75. The van der Waals surface area contributed by atoms with Crippen LogP contribution in [-0.4, -0.2) is 68.1 Å². The molecule has 0 saturated carbocycles. The molecule has 0 spiro atoms. The fourth-order valence-electron chi connectivity index (χ4n) is 4.90. The number of pyridine rings is 2. The Labute approximate surface area is 230 Å². The van der Waals surface area contributed by atoms with Crippen LogP contribution >= 0.6 is 0 Å². The molecule has 2 atom stereocenters. The van der Waals surface area contributed by atoms with E-state index in [2.05, 4.69) is 15.3 Å². The van der Waals surface area contributed by atoms with Crippen LogP contribution in [-0.2, 0) is 19.4 Å². The second kappa shape index (κ2) is 11.6. The van der Waals surface area contributed by atoms with Gasteiger partial charge in [-0.3, -0.25) is 9.78 Å². The molecule has 0 radical (unpaired) electrons. The molecule has 1 N–H and O–H groups in total. The summed E-state index contributed by atoms with van der Waals surface area (Å²) in [5.74, 6) is -1.50. The molecule has 40 heavy (non-hydrogen) atoms. The molecule has 2 aromatic heterocycles. The lowest BCUT2D eigenvalue weighted by atomic mass is 9.98. The number of carbonyl (C=O) groups excluding carboxylic acids is 1. The second-order valence-corrected chi connectivity index (χ2v) is 12.1. The van der Waals surface area contributed by atoms with E-state index in [1.807, 2.05) is 6.92 Å². The Morgan fingerprint density at radius 3 is 2.33 bits per heavy atom. The zero-order valence-corrected chi connectivity index (χ0v) is 23.3. The molecule has 13 heteroatoms. The Hall–Kier alpha value is -3.45. The van der Waals surface area contributed by atoms with Gasteiger partial charge in [0.15, 0.2) is 6.04 Å². The first-order valence-corrected chi connectivity index (χ1v) is 14.4. The third-order valence-corrected chi connectivity index (χ3v) is 8.87. The van der Waals surface area contributed by atoms with Crippen LogP contribution in [0.4, 0.5) is 24.5 Å². The topological polar surface area (TPSA) is 111 Å². The monoisotopic (exact) mass is 580 g/mol. The zero-order chi connectivity index (χ0) is 29.2. The third kappa shape index (κ3) is 6.30. The van der Waals surface area contributed by atoms with Crippen LogP contribution in [0.2, 0.25) is 0 Å². The molecule has 0 bridgehead atoms. The SMILES string of the molecule is COc1ccc2ncc(Nc3ccc([C@H](N(C)C(=O)C4CCS(=O)(=O)CC4)C(F)(F)F)cc3)c(C(C)OC)c2n1. The number of fused-ring (bicyclic) bond motifs is 1. The predicted octanol–water partition coefficient (Wildman–Crippen LogP) is 4.98. The van der Waals surface area contributed by atoms with E-state index in [1.54, 1.807) is 25.4 Å². The van der Waals surface area contributed by atoms with Crippen molar-refractivity contribution in [1.29, 1.82) is 0 Å². The van der Waals surface area contributed by atoms with Crippen molar-refractivity contribution < 1.29 is 35.9 Å². The van der Waals surface area contributed by atoms with Crippen LogP contribution in [0.5, 0.6) is 5.88 Å². The Bertz CT molecular complexity index is 1470. The van der Waals surface area contributed by atoms with Crippen molar-refractivity contribution in [2.45, 2.75) is 38.1 Å². The molecule has 1 amide bonds. The number of benzene rings is 1. The molecule has 1 aliphatic heterocycles. The molecule has 3 heterocycles. The van der Waals surface area contributed by atoms with Gasteiger partial charge in [0, 0.05) is 37.4 Å². The van der Waals surface area contributed by atoms with Crippen LogP contribution in [0.15, 0.2) is 42.6 Å². The number of hydrogen-bond acceptors (Lipinski definition) is 8. The van der Waals surface area contributed by atoms with E-state index in [4.69, 9.17) is 9.47 Å². The highest BCUT2D eigenvalue weighted by molar-refractivity contribution is 7.91. The highest BCUT2D eigenvalue weighted by Crippen LogP contribution is 2.39. The van der Waals surface area contributed by atoms with Gasteiger partial charge in [-0.05, 0) is 43.5 Å². The van der Waals surface area contributed by atoms with E-state index in [0.29, 0.717) is 38.8 Å². The maximum absolute atomic E-state index is 14.2. The number of methoxy groups -OCH3 is 2. The number of halogens is 3. The normalized spacial score (nSPS) is 17.3. The predicted molar refractivity (Wildman–Crippen MR) is 144 cm³/mol. The fourth-order valence-corrected chi connectivity index (χ4v) is 6.39. The Kier molecular flexibility index (Phi) is 8.55. The Morgan fingerprint density at radius 1 is 1.10 bits per heavy atom. The van der Waals surface area contributed by atoms with Gasteiger partial charge in [-0.1, -0.05) is 12.1 Å². The lowest BCUT2D eigenvalue weighted by Gasteiger charge is -2.34. The van der Waals surface area contributed by atoms with Gasteiger partial charge in [-0.2, -0.15) is 13.2 Å². The summed E-state index contributed by atoms with van der Waals surface area (Å²) in [5, 5.41) is 3.19. The van der Waals surface area contributed by atoms with Gasteiger partial charge in [0.05, 0.1) is 42.1 Å². The number of ether oxygens (including phenoxy) is 2. The number of hydrogen-bond donors (Lipinski definition) is 1. The van der Waals surface area contributed by atoms with Crippen molar-refractivity contribution in [3.05, 3.63) is 53.7 Å². The first-order valence-electron chi connectivity index (χ1n) is 12.6. The average Bonchev–Trinajstić information content (AvgIpc) is 2.92. The van der Waals surface area contributed by atoms with Crippen molar-refractivity contribution in [2.24, 2.45) is 5.92 Å². The third-order valence-electron chi connectivity index (χ3n) is 7.15. The van der Waals surface area contributed by atoms with E-state index in [9.17, 15) is 26.4 Å². The minimum Gasteiger partial charge on any atom is -0.481 e. The van der Waals surface area contributed by atoms with Gasteiger partial charge < -0.3 is 19.7 Å². The van der Waals surface area contributed by atoms with Crippen molar-refractivity contribution in [3.63, 3.8) is 0 Å². The Morgan fingerprint density at radius 2 is 1.75 bits per heavy atom. The van der Waals surface area contributed by atoms with Crippen LogP contribution in [0.1, 0.15) is 43.0 Å². The lowest BCUT2D eigenvalue weighted by molar-refractivity contribution is -0.190. The number of rotatable bonds is 8. The van der Waals surface area contributed by atoms with Crippen LogP contribution in [0.25, 0.3) is 11.0 Å². The van der Waals surface area contributed by atoms with Gasteiger partial charge in [0.25, 0.3) is 0 Å². The molecule has 216 valence electrons. The molecule has 0 aliphatic carbocycles. The number of nitrogens with one attached hydrogen (secondary N) is 1. The summed E-state index contributed by atoms with van der Waals surface area (Å²) in [7, 11) is 0.908. The van der Waals surface area contributed by atoms with E-state index in [-0.39, 0.29) is 29.9 Å².